The molecular weight excluding hydrogens is 465 g/mol. The number of nitrogens with zero attached hydrogens (tertiary/aromatic N) is 1. The molecule has 0 spiro atoms. The molecule has 0 aliphatic rings. The molecule has 0 amide bonds. The molecule has 0 radical (unpaired) electrons. The Morgan fingerprint density at radius 2 is 1.69 bits per heavy atom. The van der Waals surface area contributed by atoms with Crippen LogP contribution in [-0.2, 0) is 27.7 Å². The van der Waals surface area contributed by atoms with E-state index in [1.54, 1.807) is 36.4 Å². The maximum atomic E-state index is 12.7. The van der Waals surface area contributed by atoms with Crippen molar-refractivity contribution in [2.45, 2.75) is 23.9 Å². The van der Waals surface area contributed by atoms with Crippen molar-refractivity contribution < 1.29 is 26.4 Å². The van der Waals surface area contributed by atoms with Gasteiger partial charge in [0.15, 0.2) is 0 Å². The van der Waals surface area contributed by atoms with E-state index in [1.165, 1.54) is 35.3 Å². The van der Waals surface area contributed by atoms with E-state index in [1.807, 2.05) is 0 Å². The summed E-state index contributed by atoms with van der Waals surface area (Å²) < 4.78 is 63.8. The van der Waals surface area contributed by atoms with Gasteiger partial charge in [0.1, 0.15) is 12.3 Å². The molecule has 1 aromatic heterocycles. The predicted octanol–water partition coefficient (Wildman–Crippen LogP) is 4.60. The van der Waals surface area contributed by atoms with Gasteiger partial charge < -0.3 is 0 Å². The van der Waals surface area contributed by atoms with Crippen LogP contribution in [-0.4, -0.2) is 31.9 Å². The summed E-state index contributed by atoms with van der Waals surface area (Å²) in [4.78, 5) is 16.3. The van der Waals surface area contributed by atoms with Gasteiger partial charge in [0.25, 0.3) is 0 Å². The third kappa shape index (κ3) is 6.38. The number of ketones is 1. The van der Waals surface area contributed by atoms with Gasteiger partial charge in [0.2, 0.25) is 10.0 Å². The highest BCUT2D eigenvalue weighted by Crippen LogP contribution is 2.28. The van der Waals surface area contributed by atoms with Gasteiger partial charge in [-0.1, -0.05) is 48.0 Å². The molecule has 0 saturated carbocycles. The number of hydrogen-bond donors (Lipinski definition) is 1. The van der Waals surface area contributed by atoms with Gasteiger partial charge in [-0.15, -0.1) is 0 Å². The van der Waals surface area contributed by atoms with Crippen LogP contribution in [0, 0.1) is 0 Å². The number of hydrogen-bond acceptors (Lipinski definition) is 4. The summed E-state index contributed by atoms with van der Waals surface area (Å²) in [7, 11) is -4.43. The minimum atomic E-state index is -4.70. The summed E-state index contributed by atoms with van der Waals surface area (Å²) in [5.74, 6) is -0.255. The molecule has 1 N–H and O–H groups in total. The lowest BCUT2D eigenvalue weighted by Gasteiger charge is -2.14. The summed E-state index contributed by atoms with van der Waals surface area (Å²) in [6.45, 7) is -1.69. The van der Waals surface area contributed by atoms with Crippen molar-refractivity contribution in [2.75, 3.05) is 6.54 Å². The number of carbonyl (C=O) groups excluding carboxylic acids is 1. The Hall–Kier alpha value is -2.75. The quantitative estimate of drug-likeness (QED) is 0.509. The van der Waals surface area contributed by atoms with Crippen LogP contribution in [0.4, 0.5) is 13.2 Å². The third-order valence-corrected chi connectivity index (χ3v) is 6.32. The van der Waals surface area contributed by atoms with Crippen LogP contribution in [0.3, 0.4) is 0 Å². The van der Waals surface area contributed by atoms with Crippen molar-refractivity contribution in [3.8, 4) is 11.1 Å². The Labute approximate surface area is 188 Å². The Morgan fingerprint density at radius 1 is 1.00 bits per heavy atom. The van der Waals surface area contributed by atoms with Crippen LogP contribution in [0.1, 0.15) is 11.1 Å². The van der Waals surface area contributed by atoms with Gasteiger partial charge in [-0.2, -0.15) is 13.2 Å². The van der Waals surface area contributed by atoms with Gasteiger partial charge in [-0.25, -0.2) is 13.1 Å². The van der Waals surface area contributed by atoms with Crippen molar-refractivity contribution in [2.24, 2.45) is 0 Å². The van der Waals surface area contributed by atoms with Crippen molar-refractivity contribution in [1.82, 2.24) is 9.71 Å². The molecule has 5 nitrogen and oxygen atoms in total. The molecular formula is C22H18ClF3N2O3S. The summed E-state index contributed by atoms with van der Waals surface area (Å²) >= 11 is 6.08. The first-order valence-electron chi connectivity index (χ1n) is 9.40. The van der Waals surface area contributed by atoms with E-state index in [9.17, 15) is 26.4 Å². The van der Waals surface area contributed by atoms with Crippen LogP contribution in [0.15, 0.2) is 71.9 Å². The zero-order valence-electron chi connectivity index (χ0n) is 16.6. The van der Waals surface area contributed by atoms with Crippen LogP contribution in [0.2, 0.25) is 5.02 Å². The van der Waals surface area contributed by atoms with Crippen molar-refractivity contribution in [3.63, 3.8) is 0 Å². The number of pyridine rings is 1. The van der Waals surface area contributed by atoms with Crippen LogP contribution >= 0.6 is 11.6 Å². The smallest absolute Gasteiger partial charge is 0.299 e. The molecule has 3 rings (SSSR count). The van der Waals surface area contributed by atoms with E-state index in [2.05, 4.69) is 4.98 Å². The second kappa shape index (κ2) is 9.81. The second-order valence-corrected chi connectivity index (χ2v) is 9.16. The first kappa shape index (κ1) is 23.9. The number of carbonyl (C=O) groups is 1. The molecule has 0 aliphatic carbocycles. The Bertz CT molecular complexity index is 1220. The van der Waals surface area contributed by atoms with Crippen LogP contribution in [0.25, 0.3) is 11.1 Å². The van der Waals surface area contributed by atoms with E-state index in [4.69, 9.17) is 11.6 Å². The molecule has 0 saturated heterocycles. The Morgan fingerprint density at radius 3 is 2.34 bits per heavy atom. The van der Waals surface area contributed by atoms with E-state index in [-0.39, 0.29) is 23.5 Å². The molecule has 0 bridgehead atoms. The highest BCUT2D eigenvalue weighted by atomic mass is 35.5. The highest BCUT2D eigenvalue weighted by molar-refractivity contribution is 7.89. The third-order valence-electron chi connectivity index (χ3n) is 4.55. The maximum Gasteiger partial charge on any atom is 0.402 e. The highest BCUT2D eigenvalue weighted by Gasteiger charge is 2.30. The zero-order chi connectivity index (χ0) is 23.4. The van der Waals surface area contributed by atoms with Crippen molar-refractivity contribution in [1.29, 1.82) is 0 Å². The maximum absolute atomic E-state index is 12.7. The fourth-order valence-electron chi connectivity index (χ4n) is 3.07. The molecule has 0 unspecified atom stereocenters. The van der Waals surface area contributed by atoms with Crippen molar-refractivity contribution >= 4 is 27.4 Å². The Kier molecular flexibility index (Phi) is 7.33. The Balaban J connectivity index is 1.94. The number of Topliss-reactive ketones (excluding diaryl/α,β-unsaturated/α-hetero) is 1. The molecule has 0 fully saturated rings. The lowest BCUT2D eigenvalue weighted by Crippen LogP contribution is -2.33. The average molecular weight is 483 g/mol. The van der Waals surface area contributed by atoms with E-state index in [0.29, 0.717) is 21.7 Å². The minimum Gasteiger partial charge on any atom is -0.299 e. The number of nitrogens with one attached hydrogen (secondary N) is 1. The first-order valence-corrected chi connectivity index (χ1v) is 11.3. The van der Waals surface area contributed by atoms with Crippen molar-refractivity contribution in [3.05, 3.63) is 83.1 Å². The second-order valence-electron chi connectivity index (χ2n) is 6.98. The number of halogens is 4. The number of aromatic nitrogens is 1. The van der Waals surface area contributed by atoms with Gasteiger partial charge in [-0.3, -0.25) is 9.78 Å². The molecule has 0 aliphatic heterocycles. The monoisotopic (exact) mass is 482 g/mol. The van der Waals surface area contributed by atoms with Gasteiger partial charge in [0.05, 0.1) is 4.90 Å². The van der Waals surface area contributed by atoms with E-state index in [0.717, 1.165) is 5.56 Å². The number of benzene rings is 2. The minimum absolute atomic E-state index is 0.0236. The molecule has 3 aromatic rings. The summed E-state index contributed by atoms with van der Waals surface area (Å²) in [5.41, 5.74) is 2.24. The number of sulfonamides is 1. The lowest BCUT2D eigenvalue weighted by molar-refractivity contribution is -0.121. The summed E-state index contributed by atoms with van der Waals surface area (Å²) in [5, 5.41) is 0.379. The van der Waals surface area contributed by atoms with Gasteiger partial charge >= 0.3 is 6.18 Å². The first-order chi connectivity index (χ1) is 15.0. The molecule has 168 valence electrons. The fraction of sp³-hybridized carbons (Fsp3) is 0.182. The summed E-state index contributed by atoms with van der Waals surface area (Å²) in [6.07, 6.45) is -1.90. The molecule has 10 heteroatoms. The molecule has 0 atom stereocenters. The molecule has 32 heavy (non-hydrogen) atoms. The topological polar surface area (TPSA) is 76.1 Å². The average Bonchev–Trinajstić information content (AvgIpc) is 2.74. The predicted molar refractivity (Wildman–Crippen MR) is 115 cm³/mol. The number of rotatable bonds is 8. The standard InChI is InChI=1S/C22H18ClF3N2O3S/c23-21-8-9-27-13-17(21)11-18(29)10-16-12-19(32(30,31)28-14-22(24,25)26)6-7-20(16)15-4-2-1-3-5-15/h1-9,12-13,28H,10-11,14H2. The largest absolute Gasteiger partial charge is 0.402 e. The van der Waals surface area contributed by atoms with Crippen LogP contribution in [0.5, 0.6) is 0 Å². The van der Waals surface area contributed by atoms with Gasteiger partial charge in [0, 0.05) is 30.3 Å². The molecule has 1 heterocycles. The normalized spacial score (nSPS) is 12.0. The molecule has 2 aromatic carbocycles. The summed E-state index contributed by atoms with van der Waals surface area (Å²) in [6, 6.07) is 14.4. The number of alkyl halides is 3. The van der Waals surface area contributed by atoms with Crippen LogP contribution < -0.4 is 4.72 Å². The SMILES string of the molecule is O=C(Cc1cnccc1Cl)Cc1cc(S(=O)(=O)NCC(F)(F)F)ccc1-c1ccccc1. The zero-order valence-corrected chi connectivity index (χ0v) is 18.1. The van der Waals surface area contributed by atoms with Gasteiger partial charge in [-0.05, 0) is 40.5 Å². The van der Waals surface area contributed by atoms with E-state index < -0.39 is 22.7 Å². The fourth-order valence-corrected chi connectivity index (χ4v) is 4.31. The lowest BCUT2D eigenvalue weighted by atomic mass is 9.95. The van der Waals surface area contributed by atoms with E-state index >= 15 is 0 Å².